The number of fused-ring (bicyclic) bond motifs is 10. The van der Waals surface area contributed by atoms with E-state index in [0.29, 0.717) is 0 Å². The Balaban J connectivity index is 1.09. The Bertz CT molecular complexity index is 3530. The number of hydrogen-bond acceptors (Lipinski definition) is 3. The van der Waals surface area contributed by atoms with Crippen LogP contribution in [0.3, 0.4) is 0 Å². The number of benzene rings is 10. The van der Waals surface area contributed by atoms with E-state index in [2.05, 4.69) is 193 Å². The molecular formula is C54H33NO2. The van der Waals surface area contributed by atoms with Gasteiger partial charge in [0, 0.05) is 33.1 Å². The molecule has 2 heterocycles. The predicted molar refractivity (Wildman–Crippen MR) is 239 cm³/mol. The third kappa shape index (κ3) is 4.99. The third-order valence-corrected chi connectivity index (χ3v) is 11.6. The molecule has 0 aliphatic rings. The standard InChI is InChI=1S/C54H33NO2/c1-3-13-41-35(10-1)12-9-17-43(41)45-29-30-49(53-46-16-6-8-19-51(46)57-54(45)53)55(40-28-24-37-21-20-36-11-2-4-14-42(36)47(37)33-40)39-26-22-34(23-27-39)38-25-31-52-48(32-38)44-15-5-7-18-50(44)56-52/h1-33H. The minimum absolute atomic E-state index is 0.864. The van der Waals surface area contributed by atoms with E-state index in [1.54, 1.807) is 0 Å². The molecule has 3 heteroatoms. The van der Waals surface area contributed by atoms with Crippen molar-refractivity contribution in [2.75, 3.05) is 4.90 Å². The Hall–Kier alpha value is -7.62. The van der Waals surface area contributed by atoms with Crippen molar-refractivity contribution in [3.05, 3.63) is 200 Å². The van der Waals surface area contributed by atoms with Gasteiger partial charge in [0.05, 0.1) is 11.1 Å². The van der Waals surface area contributed by atoms with Crippen LogP contribution in [0.4, 0.5) is 17.1 Å². The highest BCUT2D eigenvalue weighted by Gasteiger charge is 2.23. The van der Waals surface area contributed by atoms with Crippen LogP contribution < -0.4 is 4.90 Å². The highest BCUT2D eigenvalue weighted by atomic mass is 16.3. The minimum Gasteiger partial charge on any atom is -0.456 e. The van der Waals surface area contributed by atoms with Crippen LogP contribution in [-0.4, -0.2) is 0 Å². The van der Waals surface area contributed by atoms with Crippen LogP contribution in [0.15, 0.2) is 209 Å². The van der Waals surface area contributed by atoms with Crippen molar-refractivity contribution in [2.45, 2.75) is 0 Å². The van der Waals surface area contributed by atoms with E-state index in [-0.39, 0.29) is 0 Å². The summed E-state index contributed by atoms with van der Waals surface area (Å²) in [5, 5.41) is 11.7. The fourth-order valence-corrected chi connectivity index (χ4v) is 8.93. The summed E-state index contributed by atoms with van der Waals surface area (Å²) in [5.74, 6) is 0. The maximum Gasteiger partial charge on any atom is 0.145 e. The molecule has 0 unspecified atom stereocenters. The zero-order valence-corrected chi connectivity index (χ0v) is 30.8. The molecule has 0 bridgehead atoms. The van der Waals surface area contributed by atoms with Gasteiger partial charge < -0.3 is 13.7 Å². The number of rotatable bonds is 5. The van der Waals surface area contributed by atoms with Gasteiger partial charge in [-0.1, -0.05) is 140 Å². The molecule has 0 amide bonds. The molecule has 0 saturated carbocycles. The lowest BCUT2D eigenvalue weighted by Crippen LogP contribution is -2.10. The quantitative estimate of drug-likeness (QED) is 0.165. The second kappa shape index (κ2) is 12.5. The van der Waals surface area contributed by atoms with Gasteiger partial charge in [-0.15, -0.1) is 0 Å². The van der Waals surface area contributed by atoms with Crippen molar-refractivity contribution in [3.63, 3.8) is 0 Å². The first-order chi connectivity index (χ1) is 28.2. The second-order valence-electron chi connectivity index (χ2n) is 14.8. The van der Waals surface area contributed by atoms with Gasteiger partial charge in [0.2, 0.25) is 0 Å². The van der Waals surface area contributed by atoms with Crippen LogP contribution in [-0.2, 0) is 0 Å². The largest absolute Gasteiger partial charge is 0.456 e. The molecule has 0 saturated heterocycles. The third-order valence-electron chi connectivity index (χ3n) is 11.6. The van der Waals surface area contributed by atoms with Crippen molar-refractivity contribution < 1.29 is 8.83 Å². The average molecular weight is 728 g/mol. The van der Waals surface area contributed by atoms with E-state index in [4.69, 9.17) is 8.83 Å². The lowest BCUT2D eigenvalue weighted by Gasteiger charge is -2.27. The van der Waals surface area contributed by atoms with Gasteiger partial charge in [0.25, 0.3) is 0 Å². The molecule has 0 N–H and O–H groups in total. The smallest absolute Gasteiger partial charge is 0.145 e. The first-order valence-corrected chi connectivity index (χ1v) is 19.4. The van der Waals surface area contributed by atoms with Crippen molar-refractivity contribution >= 4 is 93.3 Å². The zero-order valence-electron chi connectivity index (χ0n) is 30.8. The lowest BCUT2D eigenvalue weighted by atomic mass is 9.95. The first kappa shape index (κ1) is 31.7. The number of hydrogen-bond donors (Lipinski definition) is 0. The van der Waals surface area contributed by atoms with Crippen LogP contribution >= 0.6 is 0 Å². The molecule has 0 radical (unpaired) electrons. The van der Waals surface area contributed by atoms with E-state index in [1.807, 2.05) is 12.1 Å². The molecule has 57 heavy (non-hydrogen) atoms. The summed E-state index contributed by atoms with van der Waals surface area (Å²) in [7, 11) is 0. The monoisotopic (exact) mass is 727 g/mol. The van der Waals surface area contributed by atoms with E-state index in [9.17, 15) is 0 Å². The Kier molecular flexibility index (Phi) is 6.93. The van der Waals surface area contributed by atoms with Crippen LogP contribution in [0.5, 0.6) is 0 Å². The van der Waals surface area contributed by atoms with Gasteiger partial charge in [-0.25, -0.2) is 0 Å². The maximum absolute atomic E-state index is 6.88. The van der Waals surface area contributed by atoms with E-state index < -0.39 is 0 Å². The fraction of sp³-hybridized carbons (Fsp3) is 0. The Morgan fingerprint density at radius 1 is 0.316 bits per heavy atom. The molecule has 0 aliphatic heterocycles. The summed E-state index contributed by atoms with van der Waals surface area (Å²) in [4.78, 5) is 2.40. The Morgan fingerprint density at radius 3 is 1.74 bits per heavy atom. The van der Waals surface area contributed by atoms with E-state index in [1.165, 1.54) is 32.3 Å². The van der Waals surface area contributed by atoms with Crippen LogP contribution in [0.25, 0.3) is 98.4 Å². The number of furan rings is 2. The summed E-state index contributed by atoms with van der Waals surface area (Å²) in [5.41, 5.74) is 11.2. The molecule has 12 aromatic rings. The van der Waals surface area contributed by atoms with Crippen LogP contribution in [0.2, 0.25) is 0 Å². The van der Waals surface area contributed by atoms with Gasteiger partial charge >= 0.3 is 0 Å². The molecule has 3 nitrogen and oxygen atoms in total. The Labute approximate surface area is 328 Å². The van der Waals surface area contributed by atoms with Gasteiger partial charge in [-0.05, 0) is 110 Å². The molecule has 0 fully saturated rings. The maximum atomic E-state index is 6.88. The van der Waals surface area contributed by atoms with Gasteiger partial charge in [-0.3, -0.25) is 0 Å². The number of para-hydroxylation sites is 2. The molecule has 2 aromatic heterocycles. The highest BCUT2D eigenvalue weighted by Crippen LogP contribution is 2.48. The molecule has 0 aliphatic carbocycles. The topological polar surface area (TPSA) is 29.5 Å². The van der Waals surface area contributed by atoms with Crippen molar-refractivity contribution in [3.8, 4) is 22.3 Å². The van der Waals surface area contributed by atoms with Crippen LogP contribution in [0, 0.1) is 0 Å². The van der Waals surface area contributed by atoms with E-state index >= 15 is 0 Å². The predicted octanol–water partition coefficient (Wildman–Crippen LogP) is 15.7. The van der Waals surface area contributed by atoms with Gasteiger partial charge in [0.1, 0.15) is 22.3 Å². The summed E-state index contributed by atoms with van der Waals surface area (Å²) in [6, 6.07) is 71.6. The van der Waals surface area contributed by atoms with Crippen molar-refractivity contribution in [2.24, 2.45) is 0 Å². The SMILES string of the molecule is c1ccc2c(-c3ccc(N(c4ccc(-c5ccc6oc7ccccc7c6c5)cc4)c4ccc5ccc6ccccc6c5c4)c4c3oc3ccccc34)cccc2c1. The average Bonchev–Trinajstić information content (AvgIpc) is 3.85. The summed E-state index contributed by atoms with van der Waals surface area (Å²) in [6.07, 6.45) is 0. The molecule has 0 spiro atoms. The minimum atomic E-state index is 0.864. The molecule has 0 atom stereocenters. The van der Waals surface area contributed by atoms with Gasteiger partial charge in [-0.2, -0.15) is 0 Å². The van der Waals surface area contributed by atoms with Gasteiger partial charge in [0.15, 0.2) is 0 Å². The molecular weight excluding hydrogens is 695 g/mol. The van der Waals surface area contributed by atoms with Crippen LogP contribution in [0.1, 0.15) is 0 Å². The summed E-state index contributed by atoms with van der Waals surface area (Å²) >= 11 is 0. The highest BCUT2D eigenvalue weighted by molar-refractivity contribution is 6.19. The lowest BCUT2D eigenvalue weighted by molar-refractivity contribution is 0.669. The summed E-state index contributed by atoms with van der Waals surface area (Å²) < 4.78 is 13.0. The first-order valence-electron chi connectivity index (χ1n) is 19.4. The molecule has 266 valence electrons. The Morgan fingerprint density at radius 2 is 0.912 bits per heavy atom. The zero-order chi connectivity index (χ0) is 37.5. The van der Waals surface area contributed by atoms with Crippen molar-refractivity contribution in [1.82, 2.24) is 0 Å². The fourth-order valence-electron chi connectivity index (χ4n) is 8.93. The van der Waals surface area contributed by atoms with E-state index in [0.717, 1.165) is 83.2 Å². The summed E-state index contributed by atoms with van der Waals surface area (Å²) in [6.45, 7) is 0. The normalized spacial score (nSPS) is 11.9. The molecule has 12 rings (SSSR count). The number of nitrogens with zero attached hydrogens (tertiary/aromatic N) is 1. The van der Waals surface area contributed by atoms with Crippen molar-refractivity contribution in [1.29, 1.82) is 0 Å². The molecule has 10 aromatic carbocycles. The number of anilines is 3. The second-order valence-corrected chi connectivity index (χ2v) is 14.8.